The summed E-state index contributed by atoms with van der Waals surface area (Å²) >= 11 is 3.40. The van der Waals surface area contributed by atoms with E-state index in [0.29, 0.717) is 15.7 Å². The lowest BCUT2D eigenvalue weighted by Crippen LogP contribution is -2.25. The number of rotatable bonds is 9. The number of ether oxygens (including phenoxy) is 3. The van der Waals surface area contributed by atoms with Crippen LogP contribution in [0.1, 0.15) is 43.9 Å². The van der Waals surface area contributed by atoms with E-state index < -0.39 is 23.8 Å². The van der Waals surface area contributed by atoms with E-state index >= 15 is 0 Å². The highest BCUT2D eigenvalue weighted by atomic mass is 79.9. The van der Waals surface area contributed by atoms with Crippen LogP contribution in [0.4, 0.5) is 5.69 Å². The molecule has 7 nitrogen and oxygen atoms in total. The molecule has 0 aliphatic heterocycles. The van der Waals surface area contributed by atoms with Crippen molar-refractivity contribution in [3.8, 4) is 0 Å². The van der Waals surface area contributed by atoms with Gasteiger partial charge in [-0.25, -0.2) is 0 Å². The maximum Gasteiger partial charge on any atom is 0.309 e. The van der Waals surface area contributed by atoms with E-state index in [9.17, 15) is 14.4 Å². The second-order valence-corrected chi connectivity index (χ2v) is 6.83. The van der Waals surface area contributed by atoms with Gasteiger partial charge < -0.3 is 19.9 Å². The van der Waals surface area contributed by atoms with Crippen LogP contribution in [0.3, 0.4) is 0 Å². The fourth-order valence-electron chi connectivity index (χ4n) is 2.64. The number of hydrogen-bond acceptors (Lipinski definition) is 7. The molecule has 2 N–H and O–H groups in total. The number of halogens is 1. The van der Waals surface area contributed by atoms with Crippen molar-refractivity contribution in [2.24, 2.45) is 5.92 Å². The first kappa shape index (κ1) is 23.0. The molecular weight excluding hydrogens is 418 g/mol. The van der Waals surface area contributed by atoms with Gasteiger partial charge in [0.05, 0.1) is 25.6 Å². The van der Waals surface area contributed by atoms with Crippen LogP contribution in [0.25, 0.3) is 0 Å². The minimum absolute atomic E-state index is 0.0307. The molecule has 0 unspecified atom stereocenters. The second-order valence-electron chi connectivity index (χ2n) is 5.98. The lowest BCUT2D eigenvalue weighted by Gasteiger charge is -2.20. The summed E-state index contributed by atoms with van der Waals surface area (Å²) in [7, 11) is 0. The van der Waals surface area contributed by atoms with Crippen LogP contribution in [-0.4, -0.2) is 31.1 Å². The average molecular weight is 444 g/mol. The van der Waals surface area contributed by atoms with Gasteiger partial charge in [-0.3, -0.25) is 14.4 Å². The van der Waals surface area contributed by atoms with Gasteiger partial charge in [0.1, 0.15) is 6.61 Å². The molecule has 150 valence electrons. The Morgan fingerprint density at radius 2 is 1.78 bits per heavy atom. The standard InChI is InChI=1S/C19H26BrNO6/c1-5-25-17(23)9-14(19(24)26-6-2)7-13-8-16(20)18(21)11(3)15(13)10-27-12(4)22/h8,14H,5-7,9-10,21H2,1-4H3/t14-/m0/s1. The van der Waals surface area contributed by atoms with E-state index in [1.54, 1.807) is 19.9 Å². The number of nitrogen functional groups attached to an aromatic ring is 1. The normalized spacial score (nSPS) is 11.6. The first-order valence-corrected chi connectivity index (χ1v) is 9.52. The minimum Gasteiger partial charge on any atom is -0.466 e. The van der Waals surface area contributed by atoms with Gasteiger partial charge in [0.2, 0.25) is 0 Å². The number of carbonyl (C=O) groups is 3. The molecule has 0 amide bonds. The van der Waals surface area contributed by atoms with Gasteiger partial charge in [0, 0.05) is 17.1 Å². The largest absolute Gasteiger partial charge is 0.466 e. The van der Waals surface area contributed by atoms with Crippen molar-refractivity contribution in [2.75, 3.05) is 18.9 Å². The molecule has 0 bridgehead atoms. The van der Waals surface area contributed by atoms with Crippen LogP contribution in [0.2, 0.25) is 0 Å². The molecular formula is C19H26BrNO6. The Bertz CT molecular complexity index is 704. The lowest BCUT2D eigenvalue weighted by atomic mass is 9.91. The number of nitrogens with two attached hydrogens (primary N) is 1. The topological polar surface area (TPSA) is 105 Å². The molecule has 1 aromatic rings. The molecule has 0 saturated carbocycles. The maximum absolute atomic E-state index is 12.3. The number of benzene rings is 1. The average Bonchev–Trinajstić information content (AvgIpc) is 2.59. The zero-order chi connectivity index (χ0) is 20.6. The van der Waals surface area contributed by atoms with Crippen molar-refractivity contribution in [2.45, 2.75) is 47.1 Å². The fraction of sp³-hybridized carbons (Fsp3) is 0.526. The number of esters is 3. The molecule has 27 heavy (non-hydrogen) atoms. The van der Waals surface area contributed by atoms with Crippen LogP contribution in [0.15, 0.2) is 10.5 Å². The van der Waals surface area contributed by atoms with Gasteiger partial charge in [0.15, 0.2) is 0 Å². The van der Waals surface area contributed by atoms with E-state index in [-0.39, 0.29) is 32.7 Å². The van der Waals surface area contributed by atoms with Crippen molar-refractivity contribution >= 4 is 39.5 Å². The SMILES string of the molecule is CCOC(=O)C[C@H](Cc1cc(Br)c(N)c(C)c1COC(C)=O)C(=O)OCC. The molecule has 1 atom stereocenters. The summed E-state index contributed by atoms with van der Waals surface area (Å²) in [4.78, 5) is 35.5. The molecule has 0 spiro atoms. The third-order valence-electron chi connectivity index (χ3n) is 4.03. The van der Waals surface area contributed by atoms with Crippen molar-refractivity contribution in [3.05, 3.63) is 27.2 Å². The summed E-state index contributed by atoms with van der Waals surface area (Å²) in [6.45, 7) is 7.02. The lowest BCUT2D eigenvalue weighted by molar-refractivity contribution is -0.154. The zero-order valence-electron chi connectivity index (χ0n) is 16.1. The Morgan fingerprint density at radius 3 is 2.33 bits per heavy atom. The van der Waals surface area contributed by atoms with Gasteiger partial charge in [0.25, 0.3) is 0 Å². The van der Waals surface area contributed by atoms with Gasteiger partial charge in [-0.2, -0.15) is 0 Å². The Hall–Kier alpha value is -2.09. The smallest absolute Gasteiger partial charge is 0.309 e. The Labute approximate surface area is 167 Å². The van der Waals surface area contributed by atoms with Crippen molar-refractivity contribution in [3.63, 3.8) is 0 Å². The highest BCUT2D eigenvalue weighted by molar-refractivity contribution is 9.10. The van der Waals surface area contributed by atoms with Crippen LogP contribution in [-0.2, 0) is 41.6 Å². The molecule has 0 aliphatic rings. The molecule has 0 saturated heterocycles. The first-order chi connectivity index (χ1) is 12.7. The van der Waals surface area contributed by atoms with Crippen LogP contribution in [0, 0.1) is 12.8 Å². The summed E-state index contributed by atoms with van der Waals surface area (Å²) < 4.78 is 15.9. The monoisotopic (exact) mass is 443 g/mol. The Morgan fingerprint density at radius 1 is 1.15 bits per heavy atom. The van der Waals surface area contributed by atoms with Gasteiger partial charge in [-0.1, -0.05) is 0 Å². The maximum atomic E-state index is 12.3. The molecule has 1 aromatic carbocycles. The Kier molecular flexibility index (Phi) is 9.28. The van der Waals surface area contributed by atoms with E-state index in [0.717, 1.165) is 11.1 Å². The molecule has 8 heteroatoms. The predicted molar refractivity (Wildman–Crippen MR) is 104 cm³/mol. The first-order valence-electron chi connectivity index (χ1n) is 8.73. The second kappa shape index (κ2) is 10.9. The van der Waals surface area contributed by atoms with Crippen LogP contribution >= 0.6 is 15.9 Å². The Balaban J connectivity index is 3.22. The fourth-order valence-corrected chi connectivity index (χ4v) is 3.22. The molecule has 0 fully saturated rings. The van der Waals surface area contributed by atoms with Crippen LogP contribution in [0.5, 0.6) is 0 Å². The van der Waals surface area contributed by atoms with Gasteiger partial charge in [-0.05, 0) is 65.9 Å². The zero-order valence-corrected chi connectivity index (χ0v) is 17.7. The van der Waals surface area contributed by atoms with Crippen molar-refractivity contribution in [1.29, 1.82) is 0 Å². The quantitative estimate of drug-likeness (QED) is 0.355. The van der Waals surface area contributed by atoms with Gasteiger partial charge in [-0.15, -0.1) is 0 Å². The molecule has 0 heterocycles. The summed E-state index contributed by atoms with van der Waals surface area (Å²) in [5, 5.41) is 0. The van der Waals surface area contributed by atoms with Crippen LogP contribution < -0.4 is 5.73 Å². The molecule has 1 rings (SSSR count). The van der Waals surface area contributed by atoms with Crippen molar-refractivity contribution in [1.82, 2.24) is 0 Å². The highest BCUT2D eigenvalue weighted by Crippen LogP contribution is 2.32. The predicted octanol–water partition coefficient (Wildman–Crippen LogP) is 3.08. The number of hydrogen-bond donors (Lipinski definition) is 1. The van der Waals surface area contributed by atoms with Gasteiger partial charge >= 0.3 is 17.9 Å². The number of carbonyl (C=O) groups excluding carboxylic acids is 3. The highest BCUT2D eigenvalue weighted by Gasteiger charge is 2.26. The van der Waals surface area contributed by atoms with E-state index in [1.807, 2.05) is 6.92 Å². The van der Waals surface area contributed by atoms with E-state index in [4.69, 9.17) is 19.9 Å². The summed E-state index contributed by atoms with van der Waals surface area (Å²) in [5.74, 6) is -2.08. The third kappa shape index (κ3) is 6.86. The summed E-state index contributed by atoms with van der Waals surface area (Å²) in [6, 6.07) is 1.78. The molecule has 0 aliphatic carbocycles. The molecule has 0 radical (unpaired) electrons. The van der Waals surface area contributed by atoms with Crippen molar-refractivity contribution < 1.29 is 28.6 Å². The van der Waals surface area contributed by atoms with E-state index in [2.05, 4.69) is 15.9 Å². The summed E-state index contributed by atoms with van der Waals surface area (Å²) in [5.41, 5.74) is 8.80. The van der Waals surface area contributed by atoms with E-state index in [1.165, 1.54) is 6.92 Å². The third-order valence-corrected chi connectivity index (χ3v) is 4.68. The minimum atomic E-state index is -0.713. The summed E-state index contributed by atoms with van der Waals surface area (Å²) in [6.07, 6.45) is 0.134. The number of anilines is 1. The molecule has 0 aromatic heterocycles.